The third-order valence-electron chi connectivity index (χ3n) is 6.67. The van der Waals surface area contributed by atoms with E-state index in [0.29, 0.717) is 61.3 Å². The van der Waals surface area contributed by atoms with E-state index in [9.17, 15) is 9.59 Å². The Morgan fingerprint density at radius 1 is 1.12 bits per heavy atom. The van der Waals surface area contributed by atoms with Crippen molar-refractivity contribution in [2.75, 3.05) is 52.9 Å². The van der Waals surface area contributed by atoms with Crippen molar-refractivity contribution in [3.8, 4) is 5.75 Å². The first-order chi connectivity index (χ1) is 15.8. The van der Waals surface area contributed by atoms with Crippen molar-refractivity contribution in [1.82, 2.24) is 19.7 Å². The van der Waals surface area contributed by atoms with E-state index in [1.165, 1.54) is 6.26 Å². The van der Waals surface area contributed by atoms with Gasteiger partial charge in [-0.05, 0) is 38.1 Å². The van der Waals surface area contributed by atoms with E-state index in [4.69, 9.17) is 20.8 Å². The molecule has 0 N–H and O–H groups in total. The summed E-state index contributed by atoms with van der Waals surface area (Å²) in [6, 6.07) is 7.30. The molecule has 2 saturated heterocycles. The molecule has 0 radical (unpaired) electrons. The largest absolute Gasteiger partial charge is 0.493 e. The Balaban J connectivity index is 1.44. The fourth-order valence-corrected chi connectivity index (χ4v) is 4.64. The molecule has 8 nitrogen and oxygen atoms in total. The molecule has 0 saturated carbocycles. The van der Waals surface area contributed by atoms with E-state index in [2.05, 4.69) is 16.9 Å². The van der Waals surface area contributed by atoms with E-state index in [1.807, 2.05) is 17.0 Å². The van der Waals surface area contributed by atoms with Gasteiger partial charge in [-0.15, -0.1) is 0 Å². The minimum atomic E-state index is -0.348. The van der Waals surface area contributed by atoms with Crippen molar-refractivity contribution in [3.63, 3.8) is 0 Å². The molecule has 1 aromatic carbocycles. The lowest BCUT2D eigenvalue weighted by Crippen LogP contribution is -2.51. The van der Waals surface area contributed by atoms with Gasteiger partial charge in [0.15, 0.2) is 11.6 Å². The SMILES string of the molecule is Cc1nc(C(=O)N2CCC(COc3cccc(Cl)c3)(CC(=O)N3CCN(C)CC3)CC2)co1. The zero-order valence-electron chi connectivity index (χ0n) is 19.3. The smallest absolute Gasteiger partial charge is 0.275 e. The van der Waals surface area contributed by atoms with E-state index < -0.39 is 0 Å². The number of carbonyl (C=O) groups is 2. The van der Waals surface area contributed by atoms with Crippen molar-refractivity contribution in [2.45, 2.75) is 26.2 Å². The van der Waals surface area contributed by atoms with Gasteiger partial charge >= 0.3 is 0 Å². The van der Waals surface area contributed by atoms with Crippen LogP contribution >= 0.6 is 11.6 Å². The molecule has 2 aromatic rings. The first-order valence-electron chi connectivity index (χ1n) is 11.4. The number of hydrogen-bond donors (Lipinski definition) is 0. The molecule has 0 bridgehead atoms. The predicted octanol–water partition coefficient (Wildman–Crippen LogP) is 3.10. The van der Waals surface area contributed by atoms with Crippen LogP contribution in [0.1, 0.15) is 35.6 Å². The fraction of sp³-hybridized carbons (Fsp3) is 0.542. The van der Waals surface area contributed by atoms with Crippen molar-refractivity contribution < 1.29 is 18.7 Å². The number of carbonyl (C=O) groups excluding carboxylic acids is 2. The summed E-state index contributed by atoms with van der Waals surface area (Å²) in [6.45, 7) is 6.47. The number of aromatic nitrogens is 1. The van der Waals surface area contributed by atoms with Crippen LogP contribution in [-0.4, -0.2) is 84.4 Å². The number of piperidine rings is 1. The highest BCUT2D eigenvalue weighted by Gasteiger charge is 2.40. The molecule has 2 amide bonds. The van der Waals surface area contributed by atoms with Crippen molar-refractivity contribution in [3.05, 3.63) is 47.1 Å². The van der Waals surface area contributed by atoms with Crippen LogP contribution < -0.4 is 4.74 Å². The number of aryl methyl sites for hydroxylation is 1. The number of benzene rings is 1. The number of piperazine rings is 1. The maximum Gasteiger partial charge on any atom is 0.275 e. The molecule has 0 aliphatic carbocycles. The van der Waals surface area contributed by atoms with E-state index >= 15 is 0 Å². The summed E-state index contributed by atoms with van der Waals surface area (Å²) in [5.74, 6) is 1.18. The van der Waals surface area contributed by atoms with Gasteiger partial charge in [-0.3, -0.25) is 9.59 Å². The fourth-order valence-electron chi connectivity index (χ4n) is 4.46. The molecule has 0 spiro atoms. The quantitative estimate of drug-likeness (QED) is 0.640. The van der Waals surface area contributed by atoms with Gasteiger partial charge in [-0.2, -0.15) is 0 Å². The third kappa shape index (κ3) is 5.86. The first-order valence-corrected chi connectivity index (χ1v) is 11.8. The molecule has 0 atom stereocenters. The topological polar surface area (TPSA) is 79.1 Å². The average Bonchev–Trinajstić information content (AvgIpc) is 3.25. The Labute approximate surface area is 199 Å². The lowest BCUT2D eigenvalue weighted by Gasteiger charge is -2.42. The zero-order valence-corrected chi connectivity index (χ0v) is 20.0. The number of rotatable bonds is 6. The number of halogens is 1. The monoisotopic (exact) mass is 474 g/mol. The summed E-state index contributed by atoms with van der Waals surface area (Å²) in [5.41, 5.74) is -0.0251. The summed E-state index contributed by atoms with van der Waals surface area (Å²) in [6.07, 6.45) is 3.16. The second-order valence-corrected chi connectivity index (χ2v) is 9.59. The van der Waals surface area contributed by atoms with Crippen molar-refractivity contribution in [1.29, 1.82) is 0 Å². The van der Waals surface area contributed by atoms with E-state index in [0.717, 1.165) is 26.2 Å². The highest BCUT2D eigenvalue weighted by Crippen LogP contribution is 2.37. The van der Waals surface area contributed by atoms with Crippen LogP contribution in [0.15, 0.2) is 34.9 Å². The number of likely N-dealkylation sites (tertiary alicyclic amines) is 1. The standard InChI is InChI=1S/C24H31ClN4O4/c1-18-26-21(16-32-18)23(31)29-8-6-24(7-9-29,17-33-20-5-3-4-19(25)14-20)15-22(30)28-12-10-27(2)11-13-28/h3-5,14,16H,6-13,15,17H2,1-2H3. The summed E-state index contributed by atoms with van der Waals surface area (Å²) in [4.78, 5) is 36.2. The molecule has 178 valence electrons. The maximum atomic E-state index is 13.2. The van der Waals surface area contributed by atoms with Crippen LogP contribution in [0, 0.1) is 12.3 Å². The Kier molecular flexibility index (Phi) is 7.24. The van der Waals surface area contributed by atoms with Gasteiger partial charge in [0.2, 0.25) is 5.91 Å². The molecule has 2 aliphatic heterocycles. The summed E-state index contributed by atoms with van der Waals surface area (Å²) in [7, 11) is 2.07. The number of oxazole rings is 1. The Morgan fingerprint density at radius 2 is 1.85 bits per heavy atom. The molecule has 33 heavy (non-hydrogen) atoms. The number of likely N-dealkylation sites (N-methyl/N-ethyl adjacent to an activating group) is 1. The minimum absolute atomic E-state index is 0.137. The third-order valence-corrected chi connectivity index (χ3v) is 6.91. The molecule has 2 fully saturated rings. The molecule has 1 aromatic heterocycles. The second kappa shape index (κ2) is 10.1. The Bertz CT molecular complexity index is 978. The van der Waals surface area contributed by atoms with Crippen LogP contribution in [0.5, 0.6) is 5.75 Å². The lowest BCUT2D eigenvalue weighted by atomic mass is 9.75. The van der Waals surface area contributed by atoms with Crippen LogP contribution in [0.2, 0.25) is 5.02 Å². The normalized spacial score (nSPS) is 18.9. The molecule has 3 heterocycles. The van der Waals surface area contributed by atoms with Crippen LogP contribution in [-0.2, 0) is 4.79 Å². The minimum Gasteiger partial charge on any atom is -0.493 e. The highest BCUT2D eigenvalue weighted by atomic mass is 35.5. The predicted molar refractivity (Wildman–Crippen MR) is 124 cm³/mol. The number of hydrogen-bond acceptors (Lipinski definition) is 6. The van der Waals surface area contributed by atoms with Gasteiger partial charge in [-0.1, -0.05) is 17.7 Å². The van der Waals surface area contributed by atoms with Gasteiger partial charge in [0.1, 0.15) is 12.0 Å². The van der Waals surface area contributed by atoms with Crippen molar-refractivity contribution in [2.24, 2.45) is 5.41 Å². The molecule has 0 unspecified atom stereocenters. The van der Waals surface area contributed by atoms with Gasteiger partial charge in [0.25, 0.3) is 5.91 Å². The van der Waals surface area contributed by atoms with Gasteiger partial charge in [-0.25, -0.2) is 4.98 Å². The first kappa shape index (κ1) is 23.6. The zero-order chi connectivity index (χ0) is 23.4. The summed E-state index contributed by atoms with van der Waals surface area (Å²) < 4.78 is 11.3. The number of nitrogens with zero attached hydrogens (tertiary/aromatic N) is 4. The maximum absolute atomic E-state index is 13.2. The molecule has 4 rings (SSSR count). The van der Waals surface area contributed by atoms with E-state index in [1.54, 1.807) is 24.0 Å². The average molecular weight is 475 g/mol. The lowest BCUT2D eigenvalue weighted by molar-refractivity contribution is -0.136. The van der Waals surface area contributed by atoms with Gasteiger partial charge in [0.05, 0.1) is 6.61 Å². The number of amides is 2. The summed E-state index contributed by atoms with van der Waals surface area (Å²) in [5, 5.41) is 0.610. The number of ether oxygens (including phenoxy) is 1. The summed E-state index contributed by atoms with van der Waals surface area (Å²) >= 11 is 6.11. The molecule has 9 heteroatoms. The highest BCUT2D eigenvalue weighted by molar-refractivity contribution is 6.30. The van der Waals surface area contributed by atoms with Crippen molar-refractivity contribution >= 4 is 23.4 Å². The van der Waals surface area contributed by atoms with Crippen LogP contribution in [0.4, 0.5) is 0 Å². The molecular weight excluding hydrogens is 444 g/mol. The Hall–Kier alpha value is -2.58. The molecule has 2 aliphatic rings. The van der Waals surface area contributed by atoms with Gasteiger partial charge < -0.3 is 23.9 Å². The molecular formula is C24H31ClN4O4. The Morgan fingerprint density at radius 3 is 2.48 bits per heavy atom. The second-order valence-electron chi connectivity index (χ2n) is 9.15. The van der Waals surface area contributed by atoms with E-state index in [-0.39, 0.29) is 17.2 Å². The van der Waals surface area contributed by atoms with Gasteiger partial charge in [0, 0.05) is 63.1 Å². The van der Waals surface area contributed by atoms with Crippen LogP contribution in [0.25, 0.3) is 0 Å². The van der Waals surface area contributed by atoms with Crippen LogP contribution in [0.3, 0.4) is 0 Å².